The summed E-state index contributed by atoms with van der Waals surface area (Å²) >= 11 is 3.11. The van der Waals surface area contributed by atoms with Gasteiger partial charge in [0.1, 0.15) is 12.4 Å². The van der Waals surface area contributed by atoms with E-state index in [0.717, 1.165) is 39.6 Å². The molecule has 198 valence electrons. The molecule has 0 aliphatic heterocycles. The number of para-hydroxylation sites is 1. The first-order chi connectivity index (χ1) is 19.6. The molecular weight excluding hydrogens is 539 g/mol. The third-order valence-electron chi connectivity index (χ3n) is 6.15. The molecule has 0 fully saturated rings. The van der Waals surface area contributed by atoms with Crippen LogP contribution in [0.25, 0.3) is 39.4 Å². The van der Waals surface area contributed by atoms with Crippen molar-refractivity contribution in [3.63, 3.8) is 0 Å². The lowest BCUT2D eigenvalue weighted by Gasteiger charge is -2.02. The lowest BCUT2D eigenvalue weighted by Crippen LogP contribution is -2.23. The minimum atomic E-state index is -0.210. The highest BCUT2D eigenvalue weighted by molar-refractivity contribution is 7.99. The second-order valence-corrected chi connectivity index (χ2v) is 11.2. The first-order valence-electron chi connectivity index (χ1n) is 12.8. The zero-order valence-electron chi connectivity index (χ0n) is 21.7. The number of hydrogen-bond acceptors (Lipinski definition) is 7. The van der Waals surface area contributed by atoms with E-state index in [2.05, 4.69) is 47.9 Å². The zero-order chi connectivity index (χ0) is 27.5. The van der Waals surface area contributed by atoms with Crippen LogP contribution in [0.3, 0.4) is 0 Å². The molecule has 6 aromatic rings. The fourth-order valence-electron chi connectivity index (χ4n) is 4.26. The van der Waals surface area contributed by atoms with Gasteiger partial charge in [-0.2, -0.15) is 14.6 Å². The van der Waals surface area contributed by atoms with Crippen molar-refractivity contribution < 1.29 is 4.74 Å². The summed E-state index contributed by atoms with van der Waals surface area (Å²) in [5, 5.41) is 9.40. The van der Waals surface area contributed by atoms with Crippen LogP contribution in [-0.4, -0.2) is 36.7 Å². The highest BCUT2D eigenvalue weighted by Crippen LogP contribution is 2.27. The number of rotatable bonds is 9. The van der Waals surface area contributed by atoms with Crippen LogP contribution in [-0.2, 0) is 0 Å². The Balaban J connectivity index is 1.39. The van der Waals surface area contributed by atoms with E-state index in [-0.39, 0.29) is 5.56 Å². The number of fused-ring (bicyclic) bond motifs is 1. The molecule has 0 aliphatic carbocycles. The largest absolute Gasteiger partial charge is 0.490 e. The Morgan fingerprint density at radius 1 is 0.975 bits per heavy atom. The molecule has 40 heavy (non-hydrogen) atoms. The average Bonchev–Trinajstić information content (AvgIpc) is 3.68. The van der Waals surface area contributed by atoms with Crippen LogP contribution in [0.5, 0.6) is 5.75 Å². The van der Waals surface area contributed by atoms with Gasteiger partial charge < -0.3 is 4.74 Å². The van der Waals surface area contributed by atoms with Crippen LogP contribution < -0.4 is 14.8 Å². The van der Waals surface area contributed by atoms with Crippen LogP contribution in [0, 0.1) is 0 Å². The number of nitrogens with zero attached hydrogens (tertiary/aromatic N) is 5. The summed E-state index contributed by atoms with van der Waals surface area (Å²) in [6.45, 7) is 6.24. The van der Waals surface area contributed by atoms with Gasteiger partial charge in [0.25, 0.3) is 5.56 Å². The molecule has 9 heteroatoms. The molecule has 6 rings (SSSR count). The molecule has 0 spiro atoms. The Kier molecular flexibility index (Phi) is 7.31. The molecule has 0 radical (unpaired) electrons. The summed E-state index contributed by atoms with van der Waals surface area (Å²) in [7, 11) is 0. The Morgan fingerprint density at radius 3 is 2.42 bits per heavy atom. The number of aromatic nitrogens is 5. The highest BCUT2D eigenvalue weighted by Gasteiger charge is 2.15. The average molecular weight is 564 g/mol. The van der Waals surface area contributed by atoms with Crippen LogP contribution in [0.15, 0.2) is 107 Å². The van der Waals surface area contributed by atoms with Crippen molar-refractivity contribution in [2.75, 3.05) is 12.4 Å². The van der Waals surface area contributed by atoms with Gasteiger partial charge in [-0.3, -0.25) is 4.79 Å². The Labute approximate surface area is 239 Å². The van der Waals surface area contributed by atoms with E-state index in [1.807, 2.05) is 71.6 Å². The predicted molar refractivity (Wildman–Crippen MR) is 162 cm³/mol. The van der Waals surface area contributed by atoms with Crippen molar-refractivity contribution in [2.24, 2.45) is 0 Å². The van der Waals surface area contributed by atoms with Crippen LogP contribution in [0.4, 0.5) is 0 Å². The van der Waals surface area contributed by atoms with Gasteiger partial charge in [0, 0.05) is 27.8 Å². The maximum atomic E-state index is 13.4. The molecule has 3 aromatic carbocycles. The van der Waals surface area contributed by atoms with Gasteiger partial charge in [-0.15, -0.1) is 16.9 Å². The predicted octanol–water partition coefficient (Wildman–Crippen LogP) is 5.90. The van der Waals surface area contributed by atoms with Crippen molar-refractivity contribution in [1.29, 1.82) is 0 Å². The normalized spacial score (nSPS) is 11.8. The minimum Gasteiger partial charge on any atom is -0.490 e. The summed E-state index contributed by atoms with van der Waals surface area (Å²) in [5.41, 5.74) is 4.17. The molecule has 0 atom stereocenters. The van der Waals surface area contributed by atoms with Gasteiger partial charge >= 0.3 is 0 Å². The van der Waals surface area contributed by atoms with Gasteiger partial charge in [0.05, 0.1) is 15.9 Å². The Bertz CT molecular complexity index is 1890. The smallest absolute Gasteiger partial charge is 0.291 e. The number of ether oxygens (including phenoxy) is 1. The van der Waals surface area contributed by atoms with Gasteiger partial charge in [-0.25, -0.2) is 4.68 Å². The lowest BCUT2D eigenvalue weighted by atomic mass is 10.1. The molecule has 0 saturated heterocycles. The standard InChI is InChI=1S/C31H25N5O2S2/c1-3-18-38-25-14-10-22(11-15-25)29-32-31-36(34-29)30(37)27(40-31)19-23-20-35(24-8-6-5-7-9-24)33-28(23)21-12-16-26(17-13-21)39-4-2/h3,5-17,19-20H,1,4,18H2,2H3/b27-19-. The van der Waals surface area contributed by atoms with Gasteiger partial charge in [0.15, 0.2) is 5.82 Å². The molecule has 3 heterocycles. The fourth-order valence-corrected chi connectivity index (χ4v) is 5.82. The van der Waals surface area contributed by atoms with Crippen molar-refractivity contribution >= 4 is 34.1 Å². The monoisotopic (exact) mass is 563 g/mol. The van der Waals surface area contributed by atoms with Crippen molar-refractivity contribution in [3.8, 4) is 34.1 Å². The number of thiazole rings is 1. The van der Waals surface area contributed by atoms with Gasteiger partial charge in [0.2, 0.25) is 4.96 Å². The molecule has 0 bridgehead atoms. The van der Waals surface area contributed by atoms with Gasteiger partial charge in [-0.05, 0) is 60.4 Å². The summed E-state index contributed by atoms with van der Waals surface area (Å²) in [6.07, 6.45) is 5.53. The highest BCUT2D eigenvalue weighted by atomic mass is 32.2. The molecular formula is C31H25N5O2S2. The third-order valence-corrected chi connectivity index (χ3v) is 8.00. The van der Waals surface area contributed by atoms with E-state index in [0.29, 0.717) is 21.9 Å². The molecule has 0 saturated carbocycles. The van der Waals surface area contributed by atoms with Gasteiger partial charge in [-0.1, -0.05) is 61.2 Å². The number of thioether (sulfide) groups is 1. The first kappa shape index (κ1) is 25.8. The zero-order valence-corrected chi connectivity index (χ0v) is 23.4. The quantitative estimate of drug-likeness (QED) is 0.161. The minimum absolute atomic E-state index is 0.210. The Morgan fingerprint density at radius 2 is 1.73 bits per heavy atom. The lowest BCUT2D eigenvalue weighted by molar-refractivity contribution is 0.363. The second kappa shape index (κ2) is 11.3. The van der Waals surface area contributed by atoms with Crippen LogP contribution in [0.2, 0.25) is 0 Å². The van der Waals surface area contributed by atoms with E-state index in [4.69, 9.17) is 9.84 Å². The maximum Gasteiger partial charge on any atom is 0.291 e. The first-order valence-corrected chi connectivity index (χ1v) is 14.6. The van der Waals surface area contributed by atoms with Crippen molar-refractivity contribution in [1.82, 2.24) is 24.4 Å². The van der Waals surface area contributed by atoms with Crippen LogP contribution in [0.1, 0.15) is 12.5 Å². The fraction of sp³-hybridized carbons (Fsp3) is 0.0968. The molecule has 0 amide bonds. The summed E-state index contributed by atoms with van der Waals surface area (Å²) < 4.78 is 9.30. The SMILES string of the molecule is C=CCOc1ccc(-c2nc3s/c(=C\c4cn(-c5ccccc5)nc4-c4ccc(SCC)cc4)c(=O)n3n2)cc1. The summed E-state index contributed by atoms with van der Waals surface area (Å²) in [4.78, 5) is 19.7. The summed E-state index contributed by atoms with van der Waals surface area (Å²) in [6, 6.07) is 25.8. The van der Waals surface area contributed by atoms with Crippen LogP contribution >= 0.6 is 23.1 Å². The third kappa shape index (κ3) is 5.21. The maximum absolute atomic E-state index is 13.4. The molecule has 7 nitrogen and oxygen atoms in total. The molecule has 0 N–H and O–H groups in total. The molecule has 0 unspecified atom stereocenters. The number of benzene rings is 3. The van der Waals surface area contributed by atoms with E-state index < -0.39 is 0 Å². The molecule has 3 aromatic heterocycles. The van der Waals surface area contributed by atoms with E-state index in [1.54, 1.807) is 17.8 Å². The molecule has 0 aliphatic rings. The summed E-state index contributed by atoms with van der Waals surface area (Å²) in [5.74, 6) is 2.24. The topological polar surface area (TPSA) is 74.3 Å². The van der Waals surface area contributed by atoms with E-state index in [1.165, 1.54) is 20.7 Å². The van der Waals surface area contributed by atoms with Crippen molar-refractivity contribution in [2.45, 2.75) is 11.8 Å². The van der Waals surface area contributed by atoms with E-state index >= 15 is 0 Å². The number of hydrogen-bond donors (Lipinski definition) is 0. The second-order valence-electron chi connectivity index (χ2n) is 8.84. The Hall–Kier alpha value is -4.47. The van der Waals surface area contributed by atoms with Crippen molar-refractivity contribution in [3.05, 3.63) is 118 Å². The van der Waals surface area contributed by atoms with E-state index in [9.17, 15) is 4.79 Å².